The summed E-state index contributed by atoms with van der Waals surface area (Å²) >= 11 is 5.42. The number of likely N-dealkylation sites (N-methyl/N-ethyl adjacent to an activating group) is 1. The monoisotopic (exact) mass is 337 g/mol. The number of carbonyl (C=O) groups is 4. The van der Waals surface area contributed by atoms with Gasteiger partial charge in [0.25, 0.3) is 0 Å². The maximum Gasteiger partial charge on any atom is 0.331 e. The van der Waals surface area contributed by atoms with Crippen molar-refractivity contribution in [3.63, 3.8) is 0 Å². The van der Waals surface area contributed by atoms with Crippen LogP contribution < -0.4 is 5.01 Å². The number of carbonyl (C=O) groups excluding carboxylic acids is 4. The molecule has 0 spiro atoms. The summed E-state index contributed by atoms with van der Waals surface area (Å²) in [6.07, 6.45) is 0.365. The fraction of sp³-hybridized carbons (Fsp3) is 0.333. The minimum Gasteiger partial charge on any atom is -0.333 e. The van der Waals surface area contributed by atoms with Crippen LogP contribution in [0.2, 0.25) is 0 Å². The van der Waals surface area contributed by atoms with Gasteiger partial charge in [-0.15, -0.1) is 0 Å². The Morgan fingerprint density at radius 3 is 2.57 bits per heavy atom. The highest BCUT2D eigenvalue weighted by atomic mass is 35.5. The first-order valence-electron chi connectivity index (χ1n) is 7.11. The first kappa shape index (κ1) is 17.0. The second kappa shape index (κ2) is 7.23. The molecule has 23 heavy (non-hydrogen) atoms. The van der Waals surface area contributed by atoms with Crippen LogP contribution in [0.1, 0.15) is 12.5 Å². The first-order chi connectivity index (χ1) is 11.0. The van der Waals surface area contributed by atoms with Crippen molar-refractivity contribution in [1.82, 2.24) is 9.91 Å². The van der Waals surface area contributed by atoms with Crippen LogP contribution in [0.25, 0.3) is 0 Å². The van der Waals surface area contributed by atoms with E-state index in [1.165, 1.54) is 4.90 Å². The third-order valence-electron chi connectivity index (χ3n) is 3.60. The zero-order valence-electron chi connectivity index (χ0n) is 12.6. The Morgan fingerprint density at radius 1 is 1.26 bits per heavy atom. The maximum absolute atomic E-state index is 12.2. The lowest BCUT2D eigenvalue weighted by Crippen LogP contribution is -2.60. The number of halogens is 1. The van der Waals surface area contributed by atoms with Crippen LogP contribution in [0, 0.1) is 0 Å². The van der Waals surface area contributed by atoms with Crippen molar-refractivity contribution in [2.24, 2.45) is 0 Å². The van der Waals surface area contributed by atoms with E-state index in [0.717, 1.165) is 10.0 Å². The Labute approximate surface area is 138 Å². The molecule has 1 aromatic carbocycles. The number of piperazine rings is 1. The van der Waals surface area contributed by atoms with E-state index in [2.05, 4.69) is 0 Å². The molecular formula is C15H16ClN3O4. The lowest BCUT2D eigenvalue weighted by Gasteiger charge is -2.38. The van der Waals surface area contributed by atoms with Gasteiger partial charge in [-0.2, -0.15) is 0 Å². The predicted octanol–water partition coefficient (Wildman–Crippen LogP) is 0.563. The van der Waals surface area contributed by atoms with Crippen LogP contribution in [-0.2, 0) is 25.6 Å². The number of rotatable bonds is 6. The van der Waals surface area contributed by atoms with E-state index in [1.807, 2.05) is 0 Å². The van der Waals surface area contributed by atoms with Crippen molar-refractivity contribution in [3.05, 3.63) is 29.8 Å². The Hall–Kier alpha value is -2.41. The summed E-state index contributed by atoms with van der Waals surface area (Å²) in [4.78, 5) is 48.4. The molecule has 3 amide bonds. The molecule has 0 atom stereocenters. The van der Waals surface area contributed by atoms with Crippen molar-refractivity contribution >= 4 is 40.8 Å². The summed E-state index contributed by atoms with van der Waals surface area (Å²) in [6.45, 7) is 2.74. The molecule has 122 valence electrons. The van der Waals surface area contributed by atoms with Gasteiger partial charge in [0.1, 0.15) is 0 Å². The highest BCUT2D eigenvalue weighted by Crippen LogP contribution is 2.23. The number of nitrogens with zero attached hydrogens (tertiary/aromatic N) is 3. The molecule has 8 heteroatoms. The van der Waals surface area contributed by atoms with Crippen LogP contribution in [0.3, 0.4) is 0 Å². The van der Waals surface area contributed by atoms with E-state index >= 15 is 0 Å². The topological polar surface area (TPSA) is 78.0 Å². The summed E-state index contributed by atoms with van der Waals surface area (Å²) in [5.74, 6) is -1.44. The minimum atomic E-state index is -0.780. The molecule has 2 rings (SSSR count). The molecule has 1 aliphatic heterocycles. The molecule has 1 aromatic rings. The Bertz CT molecular complexity index is 649. The van der Waals surface area contributed by atoms with Crippen molar-refractivity contribution in [1.29, 1.82) is 0 Å². The molecule has 1 saturated heterocycles. The molecule has 0 aliphatic carbocycles. The number of benzene rings is 1. The summed E-state index contributed by atoms with van der Waals surface area (Å²) in [5, 5.41) is 1.56. The van der Waals surface area contributed by atoms with Crippen molar-refractivity contribution in [2.75, 3.05) is 24.6 Å². The van der Waals surface area contributed by atoms with Crippen molar-refractivity contribution in [2.45, 2.75) is 13.3 Å². The van der Waals surface area contributed by atoms with Gasteiger partial charge in [0, 0.05) is 19.5 Å². The third-order valence-corrected chi connectivity index (χ3v) is 3.73. The normalized spacial score (nSPS) is 14.9. The molecule has 0 radical (unpaired) electrons. The van der Waals surface area contributed by atoms with E-state index < -0.39 is 17.1 Å². The van der Waals surface area contributed by atoms with E-state index in [-0.39, 0.29) is 13.0 Å². The number of hydrogen-bond acceptors (Lipinski definition) is 4. The number of anilines is 1. The van der Waals surface area contributed by atoms with Gasteiger partial charge in [-0.3, -0.25) is 19.2 Å². The maximum atomic E-state index is 12.2. The molecule has 0 saturated carbocycles. The number of hydrazine groups is 1. The van der Waals surface area contributed by atoms with Crippen LogP contribution in [0.4, 0.5) is 5.69 Å². The Morgan fingerprint density at radius 2 is 1.96 bits per heavy atom. The molecule has 0 bridgehead atoms. The van der Waals surface area contributed by atoms with Gasteiger partial charge in [0.2, 0.25) is 11.7 Å². The molecule has 1 aliphatic rings. The smallest absolute Gasteiger partial charge is 0.331 e. The number of hydrogen-bond donors (Lipinski definition) is 0. The Kier molecular flexibility index (Phi) is 5.33. The second-order valence-corrected chi connectivity index (χ2v) is 5.35. The van der Waals surface area contributed by atoms with Gasteiger partial charge >= 0.3 is 11.8 Å². The van der Waals surface area contributed by atoms with E-state index in [9.17, 15) is 19.2 Å². The highest BCUT2D eigenvalue weighted by Gasteiger charge is 2.35. The fourth-order valence-corrected chi connectivity index (χ4v) is 2.59. The molecule has 1 heterocycles. The standard InChI is InChI=1S/C15H16ClN3O4/c1-2-17-7-8-18(15(23)14(17)22)19(10-20)12-6-4-3-5-11(12)9-13(16)21/h3-6,10H,2,7-9H2,1H3. The van der Waals surface area contributed by atoms with Crippen LogP contribution >= 0.6 is 11.6 Å². The quantitative estimate of drug-likeness (QED) is 0.432. The zero-order chi connectivity index (χ0) is 17.0. The molecule has 1 fully saturated rings. The lowest BCUT2D eigenvalue weighted by atomic mass is 10.1. The van der Waals surface area contributed by atoms with Gasteiger partial charge < -0.3 is 4.90 Å². The SMILES string of the molecule is CCN1CCN(N(C=O)c2ccccc2CC(=O)Cl)C(=O)C1=O. The van der Waals surface area contributed by atoms with Gasteiger partial charge in [0.05, 0.1) is 12.2 Å². The van der Waals surface area contributed by atoms with Gasteiger partial charge in [-0.25, -0.2) is 10.0 Å². The van der Waals surface area contributed by atoms with E-state index in [1.54, 1.807) is 31.2 Å². The molecule has 7 nitrogen and oxygen atoms in total. The molecule has 0 N–H and O–H groups in total. The number of amides is 3. The van der Waals surface area contributed by atoms with E-state index in [0.29, 0.717) is 30.8 Å². The summed E-state index contributed by atoms with van der Waals surface area (Å²) < 4.78 is 0. The van der Waals surface area contributed by atoms with Crippen molar-refractivity contribution < 1.29 is 19.2 Å². The fourth-order valence-electron chi connectivity index (χ4n) is 2.45. The predicted molar refractivity (Wildman–Crippen MR) is 83.5 cm³/mol. The first-order valence-corrected chi connectivity index (χ1v) is 7.48. The average molecular weight is 338 g/mol. The molecule has 0 unspecified atom stereocenters. The average Bonchev–Trinajstić information content (AvgIpc) is 2.53. The third kappa shape index (κ3) is 3.50. The minimum absolute atomic E-state index is 0.0842. The summed E-state index contributed by atoms with van der Waals surface area (Å²) in [5.41, 5.74) is 0.848. The van der Waals surface area contributed by atoms with Gasteiger partial charge in [-0.05, 0) is 30.2 Å². The second-order valence-electron chi connectivity index (χ2n) is 4.92. The number of para-hydroxylation sites is 1. The molecule has 0 aromatic heterocycles. The summed E-state index contributed by atoms with van der Waals surface area (Å²) in [7, 11) is 0. The molecular weight excluding hydrogens is 322 g/mol. The summed E-state index contributed by atoms with van der Waals surface area (Å²) in [6, 6.07) is 6.60. The zero-order valence-corrected chi connectivity index (χ0v) is 13.3. The van der Waals surface area contributed by atoms with E-state index in [4.69, 9.17) is 11.6 Å². The van der Waals surface area contributed by atoms with Crippen LogP contribution in [-0.4, -0.2) is 53.0 Å². The largest absolute Gasteiger partial charge is 0.333 e. The van der Waals surface area contributed by atoms with Gasteiger partial charge in [0.15, 0.2) is 0 Å². The van der Waals surface area contributed by atoms with Crippen molar-refractivity contribution in [3.8, 4) is 0 Å². The van der Waals surface area contributed by atoms with Gasteiger partial charge in [-0.1, -0.05) is 18.2 Å². The highest BCUT2D eigenvalue weighted by molar-refractivity contribution is 6.63. The van der Waals surface area contributed by atoms with Crippen LogP contribution in [0.15, 0.2) is 24.3 Å². The Balaban J connectivity index is 2.34. The van der Waals surface area contributed by atoms with Crippen LogP contribution in [0.5, 0.6) is 0 Å². The lowest BCUT2D eigenvalue weighted by molar-refractivity contribution is -0.156.